The van der Waals surface area contributed by atoms with Crippen molar-refractivity contribution in [2.75, 3.05) is 13.2 Å². The molecule has 0 radical (unpaired) electrons. The summed E-state index contributed by atoms with van der Waals surface area (Å²) in [6, 6.07) is 0. The van der Waals surface area contributed by atoms with E-state index in [9.17, 15) is 9.59 Å². The summed E-state index contributed by atoms with van der Waals surface area (Å²) in [5.74, 6) is -0.702. The Kier molecular flexibility index (Phi) is 12.7. The third kappa shape index (κ3) is 7.92. The molecule has 0 saturated carbocycles. The van der Waals surface area contributed by atoms with Gasteiger partial charge in [0.15, 0.2) is 0 Å². The van der Waals surface area contributed by atoms with Gasteiger partial charge in [0.05, 0.1) is 13.2 Å². The van der Waals surface area contributed by atoms with Gasteiger partial charge in [-0.05, 0) is 26.7 Å². The second kappa shape index (κ2) is 14.4. The van der Waals surface area contributed by atoms with Crippen molar-refractivity contribution in [3.8, 4) is 0 Å². The molecule has 30 heavy (non-hydrogen) atoms. The first-order chi connectivity index (χ1) is 14.4. The molecule has 0 fully saturated rings. The molecule has 0 saturated heterocycles. The zero-order valence-corrected chi connectivity index (χ0v) is 19.8. The number of hydrogen-bond acceptors (Lipinski definition) is 4. The highest BCUT2D eigenvalue weighted by Gasteiger charge is 2.54. The van der Waals surface area contributed by atoms with Crippen LogP contribution in [-0.4, -0.2) is 25.2 Å². The molecule has 0 aromatic carbocycles. The van der Waals surface area contributed by atoms with E-state index < -0.39 is 10.8 Å². The lowest BCUT2D eigenvalue weighted by Gasteiger charge is -2.40. The second-order valence-electron chi connectivity index (χ2n) is 8.93. The van der Waals surface area contributed by atoms with Gasteiger partial charge in [0.25, 0.3) is 0 Å². The van der Waals surface area contributed by atoms with E-state index in [1.165, 1.54) is 51.4 Å². The van der Waals surface area contributed by atoms with E-state index in [0.717, 1.165) is 25.7 Å². The number of carbonyl (C=O) groups is 2. The van der Waals surface area contributed by atoms with Crippen molar-refractivity contribution in [3.05, 3.63) is 24.3 Å². The first-order valence-electron chi connectivity index (χ1n) is 12.1. The Hall–Kier alpha value is -1.58. The Balaban J connectivity index is 2.51. The van der Waals surface area contributed by atoms with Crippen LogP contribution >= 0.6 is 0 Å². The topological polar surface area (TPSA) is 52.6 Å². The van der Waals surface area contributed by atoms with Gasteiger partial charge in [0, 0.05) is 0 Å². The lowest BCUT2D eigenvalue weighted by molar-refractivity contribution is -0.170. The lowest BCUT2D eigenvalue weighted by Crippen LogP contribution is -2.49. The maximum Gasteiger partial charge on any atom is 0.317 e. The normalized spacial score (nSPS) is 22.8. The maximum absolute atomic E-state index is 12.9. The molecule has 0 N–H and O–H groups in total. The fourth-order valence-electron chi connectivity index (χ4n) is 3.80. The van der Waals surface area contributed by atoms with Crippen LogP contribution in [0.15, 0.2) is 24.3 Å². The highest BCUT2D eigenvalue weighted by atomic mass is 16.5. The van der Waals surface area contributed by atoms with E-state index in [4.69, 9.17) is 9.47 Å². The third-order valence-electron chi connectivity index (χ3n) is 6.36. The molecule has 1 aliphatic rings. The molecule has 0 aliphatic heterocycles. The Morgan fingerprint density at radius 2 is 0.933 bits per heavy atom. The largest absolute Gasteiger partial charge is 0.465 e. The van der Waals surface area contributed by atoms with Gasteiger partial charge in [-0.15, -0.1) is 0 Å². The monoisotopic (exact) mass is 420 g/mol. The average molecular weight is 421 g/mol. The molecule has 0 amide bonds. The summed E-state index contributed by atoms with van der Waals surface area (Å²) in [6.45, 7) is 8.77. The fourth-order valence-corrected chi connectivity index (χ4v) is 3.80. The molecule has 0 aromatic rings. The minimum Gasteiger partial charge on any atom is -0.465 e. The smallest absolute Gasteiger partial charge is 0.317 e. The van der Waals surface area contributed by atoms with Gasteiger partial charge in [0.1, 0.15) is 10.8 Å². The van der Waals surface area contributed by atoms with E-state index in [1.807, 2.05) is 12.2 Å². The molecular weight excluding hydrogens is 376 g/mol. The number of hydrogen-bond donors (Lipinski definition) is 0. The third-order valence-corrected chi connectivity index (χ3v) is 6.36. The summed E-state index contributed by atoms with van der Waals surface area (Å²) < 4.78 is 11.2. The number of rotatable bonds is 16. The van der Waals surface area contributed by atoms with Gasteiger partial charge in [0.2, 0.25) is 0 Å². The minimum absolute atomic E-state index is 0.351. The van der Waals surface area contributed by atoms with Crippen molar-refractivity contribution in [1.29, 1.82) is 0 Å². The van der Waals surface area contributed by atoms with Crippen LogP contribution in [0.25, 0.3) is 0 Å². The van der Waals surface area contributed by atoms with E-state index in [0.29, 0.717) is 13.2 Å². The molecule has 0 aromatic heterocycles. The van der Waals surface area contributed by atoms with Crippen molar-refractivity contribution in [1.82, 2.24) is 0 Å². The van der Waals surface area contributed by atoms with Gasteiger partial charge in [-0.2, -0.15) is 0 Å². The van der Waals surface area contributed by atoms with Gasteiger partial charge >= 0.3 is 11.9 Å². The van der Waals surface area contributed by atoms with Gasteiger partial charge < -0.3 is 9.47 Å². The Labute approximate surface area is 184 Å². The molecular formula is C26H44O4. The van der Waals surface area contributed by atoms with Crippen LogP contribution < -0.4 is 0 Å². The zero-order valence-electron chi connectivity index (χ0n) is 19.8. The van der Waals surface area contributed by atoms with E-state index in [1.54, 1.807) is 26.0 Å². The van der Waals surface area contributed by atoms with Crippen LogP contribution in [0.2, 0.25) is 0 Å². The molecule has 0 spiro atoms. The first kappa shape index (κ1) is 26.5. The highest BCUT2D eigenvalue weighted by Crippen LogP contribution is 2.46. The summed E-state index contributed by atoms with van der Waals surface area (Å²) >= 11 is 0. The van der Waals surface area contributed by atoms with Crippen molar-refractivity contribution in [2.45, 2.75) is 105 Å². The fraction of sp³-hybridized carbons (Fsp3) is 0.769. The van der Waals surface area contributed by atoms with E-state index in [-0.39, 0.29) is 11.9 Å². The highest BCUT2D eigenvalue weighted by molar-refractivity contribution is 5.91. The molecule has 1 rings (SSSR count). The van der Waals surface area contributed by atoms with Gasteiger partial charge in [-0.1, -0.05) is 102 Å². The Morgan fingerprint density at radius 3 is 1.30 bits per heavy atom. The lowest BCUT2D eigenvalue weighted by atomic mass is 9.63. The molecule has 1 aliphatic carbocycles. The summed E-state index contributed by atoms with van der Waals surface area (Å²) in [7, 11) is 0. The standard InChI is InChI=1S/C26H44O4/c1-5-7-9-11-13-17-21-29-23(27)25(3)19-15-16-20-26(25,4)24(28)30-22-18-14-12-10-8-6-2/h15-16,19-20H,5-14,17-18,21-22H2,1-4H3. The summed E-state index contributed by atoms with van der Waals surface area (Å²) in [4.78, 5) is 25.9. The van der Waals surface area contributed by atoms with Crippen LogP contribution in [-0.2, 0) is 19.1 Å². The molecule has 2 unspecified atom stereocenters. The zero-order chi connectivity index (χ0) is 22.3. The van der Waals surface area contributed by atoms with Crippen LogP contribution in [0.4, 0.5) is 0 Å². The maximum atomic E-state index is 12.9. The minimum atomic E-state index is -1.05. The van der Waals surface area contributed by atoms with E-state index >= 15 is 0 Å². The summed E-state index contributed by atoms with van der Waals surface area (Å²) in [5.41, 5.74) is -2.11. The number of unbranched alkanes of at least 4 members (excludes halogenated alkanes) is 10. The molecule has 0 bridgehead atoms. The Morgan fingerprint density at radius 1 is 0.600 bits per heavy atom. The quantitative estimate of drug-likeness (QED) is 0.201. The predicted molar refractivity (Wildman–Crippen MR) is 123 cm³/mol. The van der Waals surface area contributed by atoms with Crippen LogP contribution in [0, 0.1) is 10.8 Å². The number of ether oxygens (including phenoxy) is 2. The van der Waals surface area contributed by atoms with Gasteiger partial charge in [-0.3, -0.25) is 9.59 Å². The van der Waals surface area contributed by atoms with Crippen LogP contribution in [0.1, 0.15) is 105 Å². The number of esters is 2. The van der Waals surface area contributed by atoms with Crippen molar-refractivity contribution >= 4 is 11.9 Å². The molecule has 0 heterocycles. The number of allylic oxidation sites excluding steroid dienone is 2. The summed E-state index contributed by atoms with van der Waals surface area (Å²) in [5, 5.41) is 0. The van der Waals surface area contributed by atoms with Gasteiger partial charge in [-0.25, -0.2) is 0 Å². The van der Waals surface area contributed by atoms with E-state index in [2.05, 4.69) is 13.8 Å². The second-order valence-corrected chi connectivity index (χ2v) is 8.93. The van der Waals surface area contributed by atoms with Crippen LogP contribution in [0.3, 0.4) is 0 Å². The molecule has 2 atom stereocenters. The molecule has 172 valence electrons. The predicted octanol–water partition coefficient (Wildman–Crippen LogP) is 6.93. The van der Waals surface area contributed by atoms with Crippen molar-refractivity contribution in [3.63, 3.8) is 0 Å². The Bertz CT molecular complexity index is 515. The average Bonchev–Trinajstić information content (AvgIpc) is 2.74. The van der Waals surface area contributed by atoms with Crippen LogP contribution in [0.5, 0.6) is 0 Å². The van der Waals surface area contributed by atoms with Crippen molar-refractivity contribution < 1.29 is 19.1 Å². The SMILES string of the molecule is CCCCCCCCOC(=O)C1(C)C=CC=CC1(C)C(=O)OCCCCCCCC. The molecule has 4 heteroatoms. The molecule has 4 nitrogen and oxygen atoms in total. The number of carbonyl (C=O) groups excluding carboxylic acids is 2. The summed E-state index contributed by atoms with van der Waals surface area (Å²) in [6.07, 6.45) is 20.8. The van der Waals surface area contributed by atoms with Crippen molar-refractivity contribution in [2.24, 2.45) is 10.8 Å². The first-order valence-corrected chi connectivity index (χ1v) is 12.1.